The van der Waals surface area contributed by atoms with Gasteiger partial charge in [-0.25, -0.2) is 4.39 Å². The highest BCUT2D eigenvalue weighted by molar-refractivity contribution is 5.80. The van der Waals surface area contributed by atoms with Crippen LogP contribution in [0.25, 0.3) is 0 Å². The molecule has 0 radical (unpaired) electrons. The predicted octanol–water partition coefficient (Wildman–Crippen LogP) is 2.50. The van der Waals surface area contributed by atoms with Crippen molar-refractivity contribution >= 4 is 5.97 Å². The molecule has 1 atom stereocenters. The molecule has 0 N–H and O–H groups in total. The van der Waals surface area contributed by atoms with E-state index in [1.807, 2.05) is 0 Å². The van der Waals surface area contributed by atoms with Crippen LogP contribution in [0.15, 0.2) is 18.2 Å². The maximum absolute atomic E-state index is 13.1. The number of ether oxygens (including phenoxy) is 2. The summed E-state index contributed by atoms with van der Waals surface area (Å²) in [6.07, 6.45) is 2.00. The Morgan fingerprint density at radius 1 is 1.41 bits per heavy atom. The minimum Gasteiger partial charge on any atom is -0.496 e. The first kappa shape index (κ1) is 11.9. The van der Waals surface area contributed by atoms with Gasteiger partial charge < -0.3 is 9.47 Å². The van der Waals surface area contributed by atoms with Gasteiger partial charge >= 0.3 is 5.97 Å². The number of halogens is 1. The van der Waals surface area contributed by atoms with E-state index in [0.29, 0.717) is 17.2 Å². The van der Waals surface area contributed by atoms with Gasteiger partial charge in [-0.2, -0.15) is 0 Å². The van der Waals surface area contributed by atoms with Crippen LogP contribution in [0, 0.1) is 11.7 Å². The van der Waals surface area contributed by atoms with E-state index >= 15 is 0 Å². The summed E-state index contributed by atoms with van der Waals surface area (Å²) in [6, 6.07) is 4.25. The number of benzene rings is 1. The lowest BCUT2D eigenvalue weighted by molar-refractivity contribution is -0.143. The average Bonchev–Trinajstić information content (AvgIpc) is 3.15. The zero-order valence-corrected chi connectivity index (χ0v) is 9.90. The number of rotatable bonds is 4. The fraction of sp³-hybridized carbons (Fsp3) is 0.462. The van der Waals surface area contributed by atoms with Gasteiger partial charge in [0.25, 0.3) is 0 Å². The molecule has 1 aromatic rings. The third kappa shape index (κ3) is 2.40. The zero-order chi connectivity index (χ0) is 12.4. The fourth-order valence-electron chi connectivity index (χ4n) is 2.07. The molecular weight excluding hydrogens is 223 g/mol. The lowest BCUT2D eigenvalue weighted by Gasteiger charge is -2.17. The molecule has 0 bridgehead atoms. The second kappa shape index (κ2) is 4.73. The largest absolute Gasteiger partial charge is 0.496 e. The Morgan fingerprint density at radius 3 is 2.65 bits per heavy atom. The fourth-order valence-corrected chi connectivity index (χ4v) is 2.07. The molecule has 0 saturated heterocycles. The Kier molecular flexibility index (Phi) is 3.31. The lowest BCUT2D eigenvalue weighted by Crippen LogP contribution is -2.17. The average molecular weight is 238 g/mol. The van der Waals surface area contributed by atoms with Crippen molar-refractivity contribution < 1.29 is 18.7 Å². The number of hydrogen-bond donors (Lipinski definition) is 0. The van der Waals surface area contributed by atoms with Crippen molar-refractivity contribution in [1.82, 2.24) is 0 Å². The molecule has 2 rings (SSSR count). The summed E-state index contributed by atoms with van der Waals surface area (Å²) in [7, 11) is 2.84. The number of methoxy groups -OCH3 is 2. The molecule has 1 fully saturated rings. The van der Waals surface area contributed by atoms with Gasteiger partial charge in [0.15, 0.2) is 0 Å². The minimum atomic E-state index is -0.370. The summed E-state index contributed by atoms with van der Waals surface area (Å²) in [5.41, 5.74) is 0.711. The summed E-state index contributed by atoms with van der Waals surface area (Å²) in [6.45, 7) is 0. The number of hydrogen-bond acceptors (Lipinski definition) is 3. The smallest absolute Gasteiger partial charge is 0.313 e. The van der Waals surface area contributed by atoms with E-state index in [4.69, 9.17) is 9.47 Å². The van der Waals surface area contributed by atoms with Gasteiger partial charge in [-0.05, 0) is 24.8 Å². The molecule has 1 unspecified atom stereocenters. The van der Waals surface area contributed by atoms with Gasteiger partial charge in [-0.1, -0.05) is 6.07 Å². The van der Waals surface area contributed by atoms with E-state index in [2.05, 4.69) is 0 Å². The molecule has 0 spiro atoms. The minimum absolute atomic E-state index is 0.280. The molecule has 0 heterocycles. The van der Waals surface area contributed by atoms with Crippen LogP contribution in [0.1, 0.15) is 24.3 Å². The van der Waals surface area contributed by atoms with E-state index in [0.717, 1.165) is 12.8 Å². The molecule has 3 nitrogen and oxygen atoms in total. The summed E-state index contributed by atoms with van der Waals surface area (Å²) in [4.78, 5) is 11.8. The molecule has 1 aliphatic carbocycles. The first-order valence-corrected chi connectivity index (χ1v) is 5.58. The Bertz CT molecular complexity index is 427. The molecule has 1 aromatic carbocycles. The first-order chi connectivity index (χ1) is 8.17. The van der Waals surface area contributed by atoms with Gasteiger partial charge in [0.05, 0.1) is 20.1 Å². The summed E-state index contributed by atoms with van der Waals surface area (Å²) < 4.78 is 23.0. The van der Waals surface area contributed by atoms with E-state index < -0.39 is 0 Å². The number of carbonyl (C=O) groups excluding carboxylic acids is 1. The highest BCUT2D eigenvalue weighted by atomic mass is 19.1. The molecule has 17 heavy (non-hydrogen) atoms. The van der Waals surface area contributed by atoms with Crippen molar-refractivity contribution in [3.63, 3.8) is 0 Å². The van der Waals surface area contributed by atoms with E-state index in [9.17, 15) is 9.18 Å². The first-order valence-electron chi connectivity index (χ1n) is 5.58. The van der Waals surface area contributed by atoms with Crippen LogP contribution in [-0.2, 0) is 9.53 Å². The Labute approximate surface area is 99.5 Å². The van der Waals surface area contributed by atoms with Crippen molar-refractivity contribution in [2.45, 2.75) is 18.8 Å². The molecule has 0 aromatic heterocycles. The van der Waals surface area contributed by atoms with Crippen LogP contribution >= 0.6 is 0 Å². The second-order valence-corrected chi connectivity index (χ2v) is 4.22. The van der Waals surface area contributed by atoms with Crippen LogP contribution in [0.3, 0.4) is 0 Å². The van der Waals surface area contributed by atoms with Crippen LogP contribution < -0.4 is 4.74 Å². The third-order valence-corrected chi connectivity index (χ3v) is 3.08. The molecule has 0 aliphatic heterocycles. The van der Waals surface area contributed by atoms with Gasteiger partial charge in [-0.3, -0.25) is 4.79 Å². The maximum Gasteiger partial charge on any atom is 0.313 e. The summed E-state index contributed by atoms with van der Waals surface area (Å²) in [5.74, 6) is -0.285. The van der Waals surface area contributed by atoms with Crippen LogP contribution in [-0.4, -0.2) is 20.2 Å². The van der Waals surface area contributed by atoms with E-state index in [-0.39, 0.29) is 17.7 Å². The van der Waals surface area contributed by atoms with Crippen molar-refractivity contribution in [1.29, 1.82) is 0 Å². The number of esters is 1. The molecular formula is C13H15FO3. The van der Waals surface area contributed by atoms with Gasteiger partial charge in [0.1, 0.15) is 11.6 Å². The van der Waals surface area contributed by atoms with Crippen LogP contribution in [0.5, 0.6) is 5.75 Å². The summed E-state index contributed by atoms with van der Waals surface area (Å²) in [5, 5.41) is 0. The second-order valence-electron chi connectivity index (χ2n) is 4.22. The predicted molar refractivity (Wildman–Crippen MR) is 60.4 cm³/mol. The Balaban J connectivity index is 2.38. The van der Waals surface area contributed by atoms with Crippen molar-refractivity contribution in [2.75, 3.05) is 14.2 Å². The molecule has 1 aliphatic rings. The van der Waals surface area contributed by atoms with Gasteiger partial charge in [0, 0.05) is 11.6 Å². The standard InChI is InChI=1S/C13H15FO3/c1-16-11-7-9(14)5-6-10(11)12(8-3-4-8)13(15)17-2/h5-8,12H,3-4H2,1-2H3. The molecule has 92 valence electrons. The highest BCUT2D eigenvalue weighted by Gasteiger charge is 2.39. The van der Waals surface area contributed by atoms with E-state index in [1.165, 1.54) is 26.4 Å². The zero-order valence-electron chi connectivity index (χ0n) is 9.90. The third-order valence-electron chi connectivity index (χ3n) is 3.08. The molecule has 4 heteroatoms. The van der Waals surface area contributed by atoms with Crippen molar-refractivity contribution in [3.8, 4) is 5.75 Å². The normalized spacial score (nSPS) is 16.4. The SMILES string of the molecule is COC(=O)C(c1ccc(F)cc1OC)C1CC1. The van der Waals surface area contributed by atoms with E-state index in [1.54, 1.807) is 6.07 Å². The molecule has 1 saturated carbocycles. The number of carbonyl (C=O) groups is 1. The monoisotopic (exact) mass is 238 g/mol. The van der Waals surface area contributed by atoms with Gasteiger partial charge in [0.2, 0.25) is 0 Å². The van der Waals surface area contributed by atoms with Crippen LogP contribution in [0.2, 0.25) is 0 Å². The Morgan fingerprint density at radius 2 is 2.12 bits per heavy atom. The van der Waals surface area contributed by atoms with Crippen LogP contribution in [0.4, 0.5) is 4.39 Å². The van der Waals surface area contributed by atoms with Gasteiger partial charge in [-0.15, -0.1) is 0 Å². The lowest BCUT2D eigenvalue weighted by atomic mass is 9.93. The van der Waals surface area contributed by atoms with Crippen molar-refractivity contribution in [3.05, 3.63) is 29.6 Å². The summed E-state index contributed by atoms with van der Waals surface area (Å²) >= 11 is 0. The topological polar surface area (TPSA) is 35.5 Å². The highest BCUT2D eigenvalue weighted by Crippen LogP contribution is 2.45. The van der Waals surface area contributed by atoms with Crippen molar-refractivity contribution in [2.24, 2.45) is 5.92 Å². The maximum atomic E-state index is 13.1. The molecule has 0 amide bonds. The quantitative estimate of drug-likeness (QED) is 0.756. The Hall–Kier alpha value is -1.58.